The zero-order valence-electron chi connectivity index (χ0n) is 9.02. The second kappa shape index (κ2) is 9.02. The number of ether oxygens (including phenoxy) is 1. The van der Waals surface area contributed by atoms with Gasteiger partial charge in [0, 0.05) is 18.7 Å². The van der Waals surface area contributed by atoms with E-state index in [9.17, 15) is 14.4 Å². The molecule has 0 saturated carbocycles. The number of carboxylic acid groups (broad SMARTS) is 1. The van der Waals surface area contributed by atoms with E-state index in [1.165, 1.54) is 18.9 Å². The highest BCUT2D eigenvalue weighted by Gasteiger charge is 2.05. The molecule has 0 spiro atoms. The monoisotopic (exact) mass is 249 g/mol. The Morgan fingerprint density at radius 1 is 1.31 bits per heavy atom. The quantitative estimate of drug-likeness (QED) is 0.460. The van der Waals surface area contributed by atoms with Crippen molar-refractivity contribution in [2.24, 2.45) is 0 Å². The lowest BCUT2D eigenvalue weighted by atomic mass is 10.3. The summed E-state index contributed by atoms with van der Waals surface area (Å²) in [5.41, 5.74) is 0. The molecule has 0 aliphatic heterocycles. The lowest BCUT2D eigenvalue weighted by Gasteiger charge is -2.03. The molecule has 0 aromatic carbocycles. The summed E-state index contributed by atoms with van der Waals surface area (Å²) in [5, 5.41) is 10.9. The van der Waals surface area contributed by atoms with Crippen molar-refractivity contribution >= 4 is 29.6 Å². The van der Waals surface area contributed by atoms with Gasteiger partial charge in [0.2, 0.25) is 5.91 Å². The van der Waals surface area contributed by atoms with Gasteiger partial charge < -0.3 is 15.2 Å². The smallest absolute Gasteiger partial charge is 0.313 e. The van der Waals surface area contributed by atoms with Gasteiger partial charge in [-0.1, -0.05) is 0 Å². The number of carbonyl (C=O) groups excluding carboxylic acids is 2. The highest BCUT2D eigenvalue weighted by molar-refractivity contribution is 7.99. The molecule has 0 saturated heterocycles. The number of carbonyl (C=O) groups is 3. The van der Waals surface area contributed by atoms with E-state index in [0.717, 1.165) is 0 Å². The average molecular weight is 249 g/mol. The first-order chi connectivity index (χ1) is 7.56. The maximum absolute atomic E-state index is 11.1. The number of hydrogen-bond donors (Lipinski definition) is 2. The lowest BCUT2D eigenvalue weighted by molar-refractivity contribution is -0.142. The topological polar surface area (TPSA) is 92.7 Å². The summed E-state index contributed by atoms with van der Waals surface area (Å²) in [6.07, 6.45) is 0.154. The third-order valence-electron chi connectivity index (χ3n) is 1.58. The van der Waals surface area contributed by atoms with Crippen LogP contribution in [0.25, 0.3) is 0 Å². The molecule has 0 fully saturated rings. The van der Waals surface area contributed by atoms with Gasteiger partial charge in [-0.05, 0) is 0 Å². The number of nitrogens with one attached hydrogen (secondary N) is 1. The maximum Gasteiger partial charge on any atom is 0.313 e. The van der Waals surface area contributed by atoms with Crippen LogP contribution < -0.4 is 5.32 Å². The Balaban J connectivity index is 3.37. The average Bonchev–Trinajstić information content (AvgIpc) is 2.24. The minimum Gasteiger partial charge on any atom is -0.481 e. The van der Waals surface area contributed by atoms with Gasteiger partial charge in [0.05, 0.1) is 19.3 Å². The van der Waals surface area contributed by atoms with E-state index in [1.54, 1.807) is 0 Å². The van der Waals surface area contributed by atoms with Crippen LogP contribution >= 0.6 is 11.8 Å². The standard InChI is InChI=1S/C9H15NO5S/c1-15-9(14)3-2-7(11)10-4-5-16-6-8(12)13/h2-6H2,1H3,(H,10,11)(H,12,13). The van der Waals surface area contributed by atoms with Crippen LogP contribution in [-0.4, -0.2) is 48.1 Å². The number of methoxy groups -OCH3 is 1. The Kier molecular flexibility index (Phi) is 8.32. The summed E-state index contributed by atoms with van der Waals surface area (Å²) in [4.78, 5) is 32.0. The van der Waals surface area contributed by atoms with E-state index in [2.05, 4.69) is 10.1 Å². The highest BCUT2D eigenvalue weighted by Crippen LogP contribution is 1.97. The Morgan fingerprint density at radius 2 is 2.00 bits per heavy atom. The number of carboxylic acids is 1. The summed E-state index contributed by atoms with van der Waals surface area (Å²) < 4.78 is 4.38. The number of rotatable bonds is 8. The zero-order valence-corrected chi connectivity index (χ0v) is 9.84. The SMILES string of the molecule is COC(=O)CCC(=O)NCCSCC(=O)O. The molecular formula is C9H15NO5S. The predicted molar refractivity (Wildman–Crippen MR) is 59.2 cm³/mol. The molecule has 92 valence electrons. The van der Waals surface area contributed by atoms with E-state index in [0.29, 0.717) is 12.3 Å². The van der Waals surface area contributed by atoms with E-state index in [4.69, 9.17) is 5.11 Å². The number of thioether (sulfide) groups is 1. The number of hydrogen-bond acceptors (Lipinski definition) is 5. The van der Waals surface area contributed by atoms with Gasteiger partial charge in [-0.15, -0.1) is 11.8 Å². The summed E-state index contributed by atoms with van der Waals surface area (Å²) in [6, 6.07) is 0. The predicted octanol–water partition coefficient (Wildman–Crippen LogP) is -0.126. The van der Waals surface area contributed by atoms with Gasteiger partial charge in [-0.3, -0.25) is 14.4 Å². The van der Waals surface area contributed by atoms with Crippen LogP contribution in [0.4, 0.5) is 0 Å². The fraction of sp³-hybridized carbons (Fsp3) is 0.667. The van der Waals surface area contributed by atoms with Gasteiger partial charge in [0.1, 0.15) is 0 Å². The molecule has 1 amide bonds. The maximum atomic E-state index is 11.1. The van der Waals surface area contributed by atoms with E-state index >= 15 is 0 Å². The van der Waals surface area contributed by atoms with E-state index in [1.807, 2.05) is 0 Å². The fourth-order valence-electron chi connectivity index (χ4n) is 0.828. The van der Waals surface area contributed by atoms with Gasteiger partial charge in [0.15, 0.2) is 0 Å². The van der Waals surface area contributed by atoms with Crippen LogP contribution in [0.3, 0.4) is 0 Å². The molecule has 0 heterocycles. The molecule has 0 rings (SSSR count). The van der Waals surface area contributed by atoms with Crippen molar-refractivity contribution in [3.8, 4) is 0 Å². The van der Waals surface area contributed by atoms with Crippen molar-refractivity contribution in [3.05, 3.63) is 0 Å². The van der Waals surface area contributed by atoms with Crippen molar-refractivity contribution < 1.29 is 24.2 Å². The Labute approximate surface area is 97.7 Å². The normalized spacial score (nSPS) is 9.56. The molecule has 0 aromatic rings. The van der Waals surface area contributed by atoms with Gasteiger partial charge >= 0.3 is 11.9 Å². The molecule has 6 nitrogen and oxygen atoms in total. The third kappa shape index (κ3) is 9.32. The first-order valence-corrected chi connectivity index (χ1v) is 5.84. The second-order valence-electron chi connectivity index (χ2n) is 2.87. The molecule has 0 unspecified atom stereocenters. The summed E-state index contributed by atoms with van der Waals surface area (Å²) in [6.45, 7) is 0.401. The minimum absolute atomic E-state index is 0.0258. The molecule has 2 N–H and O–H groups in total. The van der Waals surface area contributed by atoms with Crippen molar-refractivity contribution in [2.75, 3.05) is 25.2 Å². The van der Waals surface area contributed by atoms with Crippen molar-refractivity contribution in [1.82, 2.24) is 5.32 Å². The fourth-order valence-corrected chi connectivity index (χ4v) is 1.39. The molecule has 0 aliphatic carbocycles. The Bertz CT molecular complexity index is 256. The molecule has 0 bridgehead atoms. The zero-order chi connectivity index (χ0) is 12.4. The molecule has 0 atom stereocenters. The number of aliphatic carboxylic acids is 1. The summed E-state index contributed by atoms with van der Waals surface area (Å²) in [5.74, 6) is -0.965. The van der Waals surface area contributed by atoms with Gasteiger partial charge in [-0.2, -0.15) is 0 Å². The Morgan fingerprint density at radius 3 is 2.56 bits per heavy atom. The summed E-state index contributed by atoms with van der Waals surface area (Å²) >= 11 is 1.23. The van der Waals surface area contributed by atoms with Crippen molar-refractivity contribution in [3.63, 3.8) is 0 Å². The van der Waals surface area contributed by atoms with Gasteiger partial charge in [0.25, 0.3) is 0 Å². The summed E-state index contributed by atoms with van der Waals surface area (Å²) in [7, 11) is 1.27. The first kappa shape index (κ1) is 14.8. The third-order valence-corrected chi connectivity index (χ3v) is 2.52. The Hall–Kier alpha value is -1.24. The lowest BCUT2D eigenvalue weighted by Crippen LogP contribution is -2.26. The van der Waals surface area contributed by atoms with Crippen LogP contribution in [0.15, 0.2) is 0 Å². The van der Waals surface area contributed by atoms with Crippen LogP contribution in [-0.2, 0) is 19.1 Å². The highest BCUT2D eigenvalue weighted by atomic mass is 32.2. The van der Waals surface area contributed by atoms with Gasteiger partial charge in [-0.25, -0.2) is 0 Å². The largest absolute Gasteiger partial charge is 0.481 e. The molecule has 0 aromatic heterocycles. The van der Waals surface area contributed by atoms with Crippen LogP contribution in [0.2, 0.25) is 0 Å². The van der Waals surface area contributed by atoms with Crippen LogP contribution in [0, 0.1) is 0 Å². The van der Waals surface area contributed by atoms with E-state index in [-0.39, 0.29) is 24.5 Å². The number of esters is 1. The van der Waals surface area contributed by atoms with Crippen LogP contribution in [0.5, 0.6) is 0 Å². The van der Waals surface area contributed by atoms with Crippen LogP contribution in [0.1, 0.15) is 12.8 Å². The number of amides is 1. The first-order valence-electron chi connectivity index (χ1n) is 4.69. The molecule has 0 radical (unpaired) electrons. The van der Waals surface area contributed by atoms with Crippen molar-refractivity contribution in [2.45, 2.75) is 12.8 Å². The molecule has 7 heteroatoms. The van der Waals surface area contributed by atoms with E-state index < -0.39 is 11.9 Å². The second-order valence-corrected chi connectivity index (χ2v) is 3.98. The molecule has 16 heavy (non-hydrogen) atoms. The van der Waals surface area contributed by atoms with Crippen molar-refractivity contribution in [1.29, 1.82) is 0 Å². The molecular weight excluding hydrogens is 234 g/mol. The molecule has 0 aliphatic rings. The minimum atomic E-state index is -0.873.